The molecule has 2 amide bonds. The second-order valence-electron chi connectivity index (χ2n) is 5.65. The topological polar surface area (TPSA) is 83.9 Å². The highest BCUT2D eigenvalue weighted by molar-refractivity contribution is 8.18. The minimum absolute atomic E-state index is 0.182. The lowest BCUT2D eigenvalue weighted by Crippen LogP contribution is -2.27. The molecule has 1 aliphatic rings. The van der Waals surface area contributed by atoms with Crippen molar-refractivity contribution in [1.29, 1.82) is 0 Å². The Bertz CT molecular complexity index is 909. The third-order valence-corrected chi connectivity index (χ3v) is 4.83. The number of carboxylic acids is 1. The number of benzene rings is 2. The van der Waals surface area contributed by atoms with Crippen molar-refractivity contribution in [3.8, 4) is 5.75 Å². The van der Waals surface area contributed by atoms with Gasteiger partial charge >= 0.3 is 5.97 Å². The van der Waals surface area contributed by atoms with Crippen molar-refractivity contribution in [3.63, 3.8) is 0 Å². The van der Waals surface area contributed by atoms with E-state index < -0.39 is 12.6 Å². The van der Waals surface area contributed by atoms with E-state index in [9.17, 15) is 14.4 Å². The highest BCUT2D eigenvalue weighted by Gasteiger charge is 2.34. The Morgan fingerprint density at radius 2 is 1.78 bits per heavy atom. The molecular weight excluding hydrogens is 390 g/mol. The van der Waals surface area contributed by atoms with Crippen molar-refractivity contribution in [2.24, 2.45) is 0 Å². The minimum Gasteiger partial charge on any atom is -0.482 e. The molecule has 6 nitrogen and oxygen atoms in total. The van der Waals surface area contributed by atoms with Crippen LogP contribution in [0.2, 0.25) is 5.02 Å². The zero-order valence-electron chi connectivity index (χ0n) is 13.9. The summed E-state index contributed by atoms with van der Waals surface area (Å²) >= 11 is 6.73. The quantitative estimate of drug-likeness (QED) is 0.733. The van der Waals surface area contributed by atoms with Crippen LogP contribution in [0.15, 0.2) is 53.4 Å². The molecule has 1 N–H and O–H groups in total. The van der Waals surface area contributed by atoms with Crippen LogP contribution in [0.4, 0.5) is 4.79 Å². The number of carbonyl (C=O) groups is 3. The van der Waals surface area contributed by atoms with E-state index in [-0.39, 0.29) is 17.7 Å². The number of rotatable bonds is 6. The Labute approximate surface area is 164 Å². The van der Waals surface area contributed by atoms with Crippen molar-refractivity contribution < 1.29 is 24.2 Å². The predicted molar refractivity (Wildman–Crippen MR) is 103 cm³/mol. The van der Waals surface area contributed by atoms with E-state index in [0.29, 0.717) is 21.2 Å². The maximum absolute atomic E-state index is 12.5. The Hall–Kier alpha value is -2.77. The lowest BCUT2D eigenvalue weighted by molar-refractivity contribution is -0.139. The molecular formula is C19H14ClNO5S. The lowest BCUT2D eigenvalue weighted by Gasteiger charge is -2.12. The molecule has 2 aromatic rings. The molecule has 1 saturated heterocycles. The van der Waals surface area contributed by atoms with Crippen LogP contribution in [0.1, 0.15) is 11.1 Å². The number of amides is 2. The van der Waals surface area contributed by atoms with Crippen LogP contribution in [0.5, 0.6) is 5.75 Å². The van der Waals surface area contributed by atoms with E-state index in [1.807, 2.05) is 0 Å². The van der Waals surface area contributed by atoms with Gasteiger partial charge in [-0.3, -0.25) is 14.5 Å². The number of ether oxygens (including phenoxy) is 1. The third-order valence-electron chi connectivity index (χ3n) is 3.67. The fraction of sp³-hybridized carbons (Fsp3) is 0.105. The number of nitrogens with zero attached hydrogens (tertiary/aromatic N) is 1. The fourth-order valence-corrected chi connectivity index (χ4v) is 3.33. The van der Waals surface area contributed by atoms with Crippen LogP contribution in [0, 0.1) is 0 Å². The summed E-state index contributed by atoms with van der Waals surface area (Å²) in [6, 6.07) is 13.5. The second kappa shape index (κ2) is 8.28. The van der Waals surface area contributed by atoms with E-state index in [4.69, 9.17) is 21.4 Å². The monoisotopic (exact) mass is 403 g/mol. The summed E-state index contributed by atoms with van der Waals surface area (Å²) in [5, 5.41) is 8.86. The molecule has 0 atom stereocenters. The van der Waals surface area contributed by atoms with E-state index in [0.717, 1.165) is 17.3 Å². The number of imide groups is 1. The molecule has 2 aromatic carbocycles. The molecule has 0 aliphatic carbocycles. The van der Waals surface area contributed by atoms with Gasteiger partial charge in [0.05, 0.1) is 11.4 Å². The van der Waals surface area contributed by atoms with Crippen molar-refractivity contribution in [1.82, 2.24) is 4.90 Å². The molecule has 0 bridgehead atoms. The van der Waals surface area contributed by atoms with Gasteiger partial charge in [-0.2, -0.15) is 0 Å². The summed E-state index contributed by atoms with van der Waals surface area (Å²) in [5.41, 5.74) is 1.51. The van der Waals surface area contributed by atoms with E-state index in [1.165, 1.54) is 4.90 Å². The number of carboxylic acid groups (broad SMARTS) is 1. The first-order valence-corrected chi connectivity index (χ1v) is 9.06. The first kappa shape index (κ1) is 19.0. The normalized spacial score (nSPS) is 15.4. The number of carbonyl (C=O) groups excluding carboxylic acids is 2. The van der Waals surface area contributed by atoms with E-state index >= 15 is 0 Å². The van der Waals surface area contributed by atoms with Crippen molar-refractivity contribution in [2.75, 3.05) is 6.61 Å². The molecule has 0 saturated carbocycles. The van der Waals surface area contributed by atoms with E-state index in [2.05, 4.69) is 0 Å². The Kier molecular flexibility index (Phi) is 5.83. The maximum Gasteiger partial charge on any atom is 0.341 e. The maximum atomic E-state index is 12.5. The van der Waals surface area contributed by atoms with Gasteiger partial charge in [0, 0.05) is 5.02 Å². The van der Waals surface area contributed by atoms with Crippen LogP contribution in [0.25, 0.3) is 6.08 Å². The van der Waals surface area contributed by atoms with Crippen molar-refractivity contribution >= 4 is 46.6 Å². The SMILES string of the molecule is O=C(O)COc1ccc(C=C2SC(=O)N(Cc3ccc(Cl)cc3)C2=O)cc1. The highest BCUT2D eigenvalue weighted by atomic mass is 35.5. The molecule has 0 spiro atoms. The summed E-state index contributed by atoms with van der Waals surface area (Å²) in [4.78, 5) is 36.7. The van der Waals surface area contributed by atoms with Gasteiger partial charge in [0.1, 0.15) is 5.75 Å². The highest BCUT2D eigenvalue weighted by Crippen LogP contribution is 2.33. The largest absolute Gasteiger partial charge is 0.482 e. The lowest BCUT2D eigenvalue weighted by atomic mass is 10.2. The number of aliphatic carboxylic acids is 1. The summed E-state index contributed by atoms with van der Waals surface area (Å²) in [7, 11) is 0. The van der Waals surface area contributed by atoms with Crippen LogP contribution in [0.3, 0.4) is 0 Å². The van der Waals surface area contributed by atoms with Crippen LogP contribution in [-0.4, -0.2) is 33.7 Å². The molecule has 27 heavy (non-hydrogen) atoms. The average molecular weight is 404 g/mol. The van der Waals surface area contributed by atoms with Gasteiger partial charge in [-0.25, -0.2) is 4.79 Å². The zero-order valence-corrected chi connectivity index (χ0v) is 15.5. The number of hydrogen-bond donors (Lipinski definition) is 1. The molecule has 0 radical (unpaired) electrons. The standard InChI is InChI=1S/C19H14ClNO5S/c20-14-5-1-13(2-6-14)10-21-18(24)16(27-19(21)25)9-12-3-7-15(8-4-12)26-11-17(22)23/h1-9H,10-11H2,(H,22,23). The molecule has 1 heterocycles. The van der Waals surface area contributed by atoms with Gasteiger partial charge in [-0.1, -0.05) is 35.9 Å². The number of hydrogen-bond acceptors (Lipinski definition) is 5. The first-order valence-electron chi connectivity index (χ1n) is 7.87. The molecule has 3 rings (SSSR count). The van der Waals surface area contributed by atoms with Crippen molar-refractivity contribution in [3.05, 3.63) is 69.6 Å². The van der Waals surface area contributed by atoms with E-state index in [1.54, 1.807) is 54.6 Å². The number of halogens is 1. The summed E-state index contributed by atoms with van der Waals surface area (Å²) < 4.78 is 5.06. The predicted octanol–water partition coefficient (Wildman–Crippen LogP) is 4.04. The summed E-state index contributed by atoms with van der Waals surface area (Å²) in [5.74, 6) is -1.01. The molecule has 0 aromatic heterocycles. The summed E-state index contributed by atoms with van der Waals surface area (Å²) in [6.45, 7) is -0.246. The average Bonchev–Trinajstić information content (AvgIpc) is 2.90. The van der Waals surface area contributed by atoms with Gasteiger partial charge in [0.25, 0.3) is 11.1 Å². The van der Waals surface area contributed by atoms with Gasteiger partial charge in [-0.05, 0) is 53.2 Å². The van der Waals surface area contributed by atoms with Crippen molar-refractivity contribution in [2.45, 2.75) is 6.54 Å². The Balaban J connectivity index is 1.70. The van der Waals surface area contributed by atoms with Gasteiger partial charge in [-0.15, -0.1) is 0 Å². The zero-order chi connectivity index (χ0) is 19.4. The van der Waals surface area contributed by atoms with Crippen LogP contribution in [-0.2, 0) is 16.1 Å². The molecule has 138 valence electrons. The minimum atomic E-state index is -1.06. The summed E-state index contributed by atoms with van der Waals surface area (Å²) in [6.07, 6.45) is 1.62. The molecule has 0 unspecified atom stereocenters. The Morgan fingerprint density at radius 3 is 2.41 bits per heavy atom. The molecule has 1 fully saturated rings. The number of thioether (sulfide) groups is 1. The van der Waals surface area contributed by atoms with Gasteiger partial charge in [0.15, 0.2) is 6.61 Å². The van der Waals surface area contributed by atoms with Crippen LogP contribution < -0.4 is 4.74 Å². The van der Waals surface area contributed by atoms with Crippen LogP contribution >= 0.6 is 23.4 Å². The third kappa shape index (κ3) is 4.90. The molecule has 8 heteroatoms. The first-order chi connectivity index (χ1) is 12.9. The Morgan fingerprint density at radius 1 is 1.11 bits per heavy atom. The smallest absolute Gasteiger partial charge is 0.341 e. The second-order valence-corrected chi connectivity index (χ2v) is 7.08. The van der Waals surface area contributed by atoms with Gasteiger partial charge < -0.3 is 9.84 Å². The van der Waals surface area contributed by atoms with Gasteiger partial charge in [0.2, 0.25) is 0 Å². The fourth-order valence-electron chi connectivity index (χ4n) is 2.37. The molecule has 1 aliphatic heterocycles.